The second-order valence-electron chi connectivity index (χ2n) is 5.66. The molecule has 0 spiro atoms. The van der Waals surface area contributed by atoms with Crippen molar-refractivity contribution in [1.29, 1.82) is 0 Å². The van der Waals surface area contributed by atoms with Gasteiger partial charge in [-0.05, 0) is 31.4 Å². The Kier molecular flexibility index (Phi) is 5.49. The van der Waals surface area contributed by atoms with Crippen LogP contribution in [0.2, 0.25) is 0 Å². The second-order valence-corrected chi connectivity index (χ2v) is 5.66. The Labute approximate surface area is 120 Å². The number of carbonyl (C=O) groups excluding carboxylic acids is 1. The predicted octanol–water partition coefficient (Wildman–Crippen LogP) is 0.899. The highest BCUT2D eigenvalue weighted by Gasteiger charge is 2.20. The van der Waals surface area contributed by atoms with Crippen LogP contribution in [0.15, 0.2) is 24.5 Å². The fraction of sp³-hybridized carbons (Fsp3) is 0.600. The van der Waals surface area contributed by atoms with Crippen LogP contribution in [-0.4, -0.2) is 41.0 Å². The summed E-state index contributed by atoms with van der Waals surface area (Å²) in [5.41, 5.74) is 6.87. The van der Waals surface area contributed by atoms with Gasteiger partial charge in [-0.15, -0.1) is 0 Å². The molecule has 1 atom stereocenters. The van der Waals surface area contributed by atoms with E-state index in [9.17, 15) is 4.79 Å². The molecule has 1 amide bonds. The van der Waals surface area contributed by atoms with Gasteiger partial charge in [-0.25, -0.2) is 0 Å². The Morgan fingerprint density at radius 2 is 2.30 bits per heavy atom. The molecule has 0 aromatic carbocycles. The lowest BCUT2D eigenvalue weighted by molar-refractivity contribution is -0.122. The van der Waals surface area contributed by atoms with E-state index >= 15 is 0 Å². The van der Waals surface area contributed by atoms with Crippen LogP contribution in [0.5, 0.6) is 0 Å². The monoisotopic (exact) mass is 276 g/mol. The largest absolute Gasteiger partial charge is 0.353 e. The summed E-state index contributed by atoms with van der Waals surface area (Å²) in [5.74, 6) is 0.0747. The van der Waals surface area contributed by atoms with Crippen LogP contribution >= 0.6 is 0 Å². The minimum absolute atomic E-state index is 0.0688. The van der Waals surface area contributed by atoms with Crippen molar-refractivity contribution in [2.45, 2.75) is 44.8 Å². The molecular weight excluding hydrogens is 252 g/mol. The Bertz CT molecular complexity index is 413. The van der Waals surface area contributed by atoms with Crippen LogP contribution < -0.4 is 11.1 Å². The van der Waals surface area contributed by atoms with Gasteiger partial charge in [-0.3, -0.25) is 14.7 Å². The van der Waals surface area contributed by atoms with Crippen LogP contribution in [-0.2, 0) is 11.3 Å². The maximum Gasteiger partial charge on any atom is 0.221 e. The summed E-state index contributed by atoms with van der Waals surface area (Å²) < 4.78 is 0. The van der Waals surface area contributed by atoms with E-state index in [0.717, 1.165) is 32.5 Å². The first kappa shape index (κ1) is 14.9. The van der Waals surface area contributed by atoms with Gasteiger partial charge in [0.05, 0.1) is 0 Å². The molecule has 1 unspecified atom stereocenters. The van der Waals surface area contributed by atoms with Crippen molar-refractivity contribution in [3.63, 3.8) is 0 Å². The summed E-state index contributed by atoms with van der Waals surface area (Å²) >= 11 is 0. The van der Waals surface area contributed by atoms with Gasteiger partial charge in [0.1, 0.15) is 0 Å². The van der Waals surface area contributed by atoms with E-state index in [2.05, 4.69) is 21.3 Å². The number of hydrogen-bond acceptors (Lipinski definition) is 4. The third-order valence-corrected chi connectivity index (χ3v) is 3.59. The highest BCUT2D eigenvalue weighted by molar-refractivity contribution is 5.76. The van der Waals surface area contributed by atoms with Crippen LogP contribution in [0.3, 0.4) is 0 Å². The first-order valence-electron chi connectivity index (χ1n) is 7.29. The molecule has 0 radical (unpaired) electrons. The van der Waals surface area contributed by atoms with Crippen molar-refractivity contribution in [3.05, 3.63) is 30.1 Å². The van der Waals surface area contributed by atoms with Crippen molar-refractivity contribution in [2.75, 3.05) is 13.1 Å². The Hall–Kier alpha value is -1.46. The molecule has 5 nitrogen and oxygen atoms in total. The summed E-state index contributed by atoms with van der Waals surface area (Å²) in [6, 6.07) is 4.30. The summed E-state index contributed by atoms with van der Waals surface area (Å²) in [6.45, 7) is 4.82. The molecule has 1 aromatic rings. The zero-order chi connectivity index (χ0) is 14.4. The van der Waals surface area contributed by atoms with E-state index in [4.69, 9.17) is 5.73 Å². The number of nitrogens with zero attached hydrogens (tertiary/aromatic N) is 2. The SMILES string of the molecule is CC(N)CC(=O)NC1CCN(Cc2cccnc2)CC1. The highest BCUT2D eigenvalue weighted by Crippen LogP contribution is 2.13. The molecular formula is C15H24N4O. The highest BCUT2D eigenvalue weighted by atomic mass is 16.1. The third kappa shape index (κ3) is 4.90. The number of likely N-dealkylation sites (tertiary alicyclic amines) is 1. The van der Waals surface area contributed by atoms with Gasteiger partial charge < -0.3 is 11.1 Å². The van der Waals surface area contributed by atoms with Gasteiger partial charge in [0, 0.05) is 50.5 Å². The van der Waals surface area contributed by atoms with Crippen LogP contribution in [0.4, 0.5) is 0 Å². The molecule has 20 heavy (non-hydrogen) atoms. The molecule has 1 aliphatic rings. The number of nitrogens with one attached hydrogen (secondary N) is 1. The van der Waals surface area contributed by atoms with Crippen LogP contribution in [0.1, 0.15) is 31.7 Å². The molecule has 1 saturated heterocycles. The second kappa shape index (κ2) is 7.36. The maximum atomic E-state index is 11.7. The zero-order valence-electron chi connectivity index (χ0n) is 12.1. The molecule has 5 heteroatoms. The van der Waals surface area contributed by atoms with Crippen LogP contribution in [0, 0.1) is 0 Å². The average molecular weight is 276 g/mol. The fourth-order valence-electron chi connectivity index (χ4n) is 2.56. The number of pyridine rings is 1. The minimum Gasteiger partial charge on any atom is -0.353 e. The molecule has 110 valence electrons. The number of amides is 1. The van der Waals surface area contributed by atoms with Gasteiger partial charge in [-0.2, -0.15) is 0 Å². The summed E-state index contributed by atoms with van der Waals surface area (Å²) in [6.07, 6.45) is 6.13. The smallest absolute Gasteiger partial charge is 0.221 e. The number of carbonyl (C=O) groups is 1. The molecule has 2 heterocycles. The van der Waals surface area contributed by atoms with Crippen molar-refractivity contribution >= 4 is 5.91 Å². The van der Waals surface area contributed by atoms with E-state index in [1.165, 1.54) is 5.56 Å². The van der Waals surface area contributed by atoms with Crippen LogP contribution in [0.25, 0.3) is 0 Å². The minimum atomic E-state index is -0.0688. The lowest BCUT2D eigenvalue weighted by atomic mass is 10.0. The lowest BCUT2D eigenvalue weighted by Crippen LogP contribution is -2.45. The number of aromatic nitrogens is 1. The Morgan fingerprint density at radius 1 is 1.55 bits per heavy atom. The fourth-order valence-corrected chi connectivity index (χ4v) is 2.56. The number of rotatable bonds is 5. The van der Waals surface area contributed by atoms with Gasteiger partial charge in [0.2, 0.25) is 5.91 Å². The van der Waals surface area contributed by atoms with Gasteiger partial charge in [-0.1, -0.05) is 6.07 Å². The van der Waals surface area contributed by atoms with E-state index in [0.29, 0.717) is 12.5 Å². The third-order valence-electron chi connectivity index (χ3n) is 3.59. The van der Waals surface area contributed by atoms with Gasteiger partial charge in [0.15, 0.2) is 0 Å². The first-order chi connectivity index (χ1) is 9.63. The van der Waals surface area contributed by atoms with E-state index in [1.807, 2.05) is 19.2 Å². The molecule has 0 saturated carbocycles. The molecule has 2 rings (SSSR count). The zero-order valence-corrected chi connectivity index (χ0v) is 12.1. The normalized spacial score (nSPS) is 18.7. The van der Waals surface area contributed by atoms with E-state index < -0.39 is 0 Å². The Balaban J connectivity index is 1.71. The average Bonchev–Trinajstić information content (AvgIpc) is 2.41. The first-order valence-corrected chi connectivity index (χ1v) is 7.29. The summed E-state index contributed by atoms with van der Waals surface area (Å²) in [7, 11) is 0. The molecule has 1 fully saturated rings. The quantitative estimate of drug-likeness (QED) is 0.838. The molecule has 0 aliphatic carbocycles. The summed E-state index contributed by atoms with van der Waals surface area (Å²) in [5, 5.41) is 3.08. The number of nitrogens with two attached hydrogens (primary N) is 1. The van der Waals surface area contributed by atoms with E-state index in [1.54, 1.807) is 6.20 Å². The number of piperidine rings is 1. The van der Waals surface area contributed by atoms with Crippen molar-refractivity contribution < 1.29 is 4.79 Å². The van der Waals surface area contributed by atoms with Crippen molar-refractivity contribution in [3.8, 4) is 0 Å². The maximum absolute atomic E-state index is 11.7. The lowest BCUT2D eigenvalue weighted by Gasteiger charge is -2.32. The predicted molar refractivity (Wildman–Crippen MR) is 78.9 cm³/mol. The Morgan fingerprint density at radius 3 is 2.90 bits per heavy atom. The van der Waals surface area contributed by atoms with Gasteiger partial charge >= 0.3 is 0 Å². The molecule has 3 N–H and O–H groups in total. The molecule has 1 aliphatic heterocycles. The topological polar surface area (TPSA) is 71.2 Å². The standard InChI is InChI=1S/C15H24N4O/c1-12(16)9-15(20)18-14-4-7-19(8-5-14)11-13-3-2-6-17-10-13/h2-3,6,10,12,14H,4-5,7-9,11,16H2,1H3,(H,18,20). The van der Waals surface area contributed by atoms with Crippen molar-refractivity contribution in [1.82, 2.24) is 15.2 Å². The summed E-state index contributed by atoms with van der Waals surface area (Å²) in [4.78, 5) is 18.2. The molecule has 1 aromatic heterocycles. The van der Waals surface area contributed by atoms with E-state index in [-0.39, 0.29) is 11.9 Å². The van der Waals surface area contributed by atoms with Crippen molar-refractivity contribution in [2.24, 2.45) is 5.73 Å². The number of hydrogen-bond donors (Lipinski definition) is 2. The molecule has 0 bridgehead atoms. The van der Waals surface area contributed by atoms with Gasteiger partial charge in [0.25, 0.3) is 0 Å².